The van der Waals surface area contributed by atoms with Gasteiger partial charge in [-0.15, -0.1) is 0 Å². The fraction of sp³-hybridized carbons (Fsp3) is 0.429. The summed E-state index contributed by atoms with van der Waals surface area (Å²) in [6, 6.07) is 7.88. The van der Waals surface area contributed by atoms with E-state index in [1.807, 2.05) is 39.5 Å². The Balaban J connectivity index is 1.87. The number of aliphatic imine (C=N–C) groups is 1. The van der Waals surface area contributed by atoms with Gasteiger partial charge >= 0.3 is 0 Å². The molecule has 6 nitrogen and oxygen atoms in total. The molecule has 1 aromatic heterocycles. The van der Waals surface area contributed by atoms with Crippen LogP contribution >= 0.6 is 11.6 Å². The van der Waals surface area contributed by atoms with Gasteiger partial charge in [-0.2, -0.15) is 4.99 Å². The summed E-state index contributed by atoms with van der Waals surface area (Å²) in [4.78, 5) is 39.3. The van der Waals surface area contributed by atoms with Crippen LogP contribution in [0.2, 0.25) is 5.02 Å². The quantitative estimate of drug-likeness (QED) is 0.528. The summed E-state index contributed by atoms with van der Waals surface area (Å²) in [5, 5.41) is 0.286. The van der Waals surface area contributed by atoms with Crippen LogP contribution in [0.25, 0.3) is 11.3 Å². The lowest BCUT2D eigenvalue weighted by molar-refractivity contribution is -0.131. The van der Waals surface area contributed by atoms with Crippen LogP contribution in [-0.4, -0.2) is 57.6 Å². The minimum Gasteiger partial charge on any atom is -0.349 e. The Kier molecular flexibility index (Phi) is 7.06. The maximum atomic E-state index is 14.7. The predicted octanol–water partition coefficient (Wildman–Crippen LogP) is 5.24. The van der Waals surface area contributed by atoms with Crippen molar-refractivity contribution in [3.63, 3.8) is 0 Å². The summed E-state index contributed by atoms with van der Waals surface area (Å²) in [7, 11) is 0. The molecule has 3 heterocycles. The molecule has 1 fully saturated rings. The van der Waals surface area contributed by atoms with E-state index in [-0.39, 0.29) is 40.4 Å². The zero-order valence-corrected chi connectivity index (χ0v) is 22.1. The normalized spacial score (nSPS) is 24.0. The predicted molar refractivity (Wildman–Crippen MR) is 141 cm³/mol. The second kappa shape index (κ2) is 9.77. The molecule has 4 rings (SSSR count). The van der Waals surface area contributed by atoms with Gasteiger partial charge in [-0.3, -0.25) is 9.59 Å². The number of hydrogen-bond acceptors (Lipinski definition) is 4. The van der Waals surface area contributed by atoms with Crippen LogP contribution in [-0.2, 0) is 15.0 Å². The van der Waals surface area contributed by atoms with E-state index in [1.165, 1.54) is 12.1 Å². The number of carbonyl (C=O) groups excluding carboxylic acids is 2. The van der Waals surface area contributed by atoms with Gasteiger partial charge in [0, 0.05) is 36.3 Å². The number of hydrogen-bond donors (Lipinski definition) is 0. The fourth-order valence-electron chi connectivity index (χ4n) is 5.37. The molecule has 3 unspecified atom stereocenters. The molecule has 0 radical (unpaired) electrons. The molecule has 1 saturated heterocycles. The highest BCUT2D eigenvalue weighted by molar-refractivity contribution is 6.33. The second-order valence-electron chi connectivity index (χ2n) is 10.4. The molecule has 0 bridgehead atoms. The van der Waals surface area contributed by atoms with Gasteiger partial charge in [0.1, 0.15) is 11.7 Å². The van der Waals surface area contributed by atoms with Crippen molar-refractivity contribution in [1.82, 2.24) is 14.8 Å². The van der Waals surface area contributed by atoms with Gasteiger partial charge in [-0.05, 0) is 57.4 Å². The van der Waals surface area contributed by atoms with E-state index < -0.39 is 11.2 Å². The molecular formula is C28H32ClFN4O2. The first-order valence-corrected chi connectivity index (χ1v) is 12.6. The SMILES string of the molecule is C=CC(=O)N1CC(C)N(C2=NC(=O)C(C)(CC(C)C)c3nc(-c4ccccc4F)c(Cl)cc32)CC1C. The molecule has 2 amide bonds. The largest absolute Gasteiger partial charge is 0.349 e. The van der Waals surface area contributed by atoms with Gasteiger partial charge in [-0.25, -0.2) is 9.37 Å². The van der Waals surface area contributed by atoms with Crippen molar-refractivity contribution in [2.75, 3.05) is 13.1 Å². The summed E-state index contributed by atoms with van der Waals surface area (Å²) >= 11 is 6.70. The van der Waals surface area contributed by atoms with Crippen molar-refractivity contribution in [3.8, 4) is 11.3 Å². The number of aromatic nitrogens is 1. The molecule has 0 spiro atoms. The maximum absolute atomic E-state index is 14.7. The van der Waals surface area contributed by atoms with Crippen molar-refractivity contribution < 1.29 is 14.0 Å². The molecule has 2 aliphatic heterocycles. The Morgan fingerprint density at radius 1 is 1.25 bits per heavy atom. The Morgan fingerprint density at radius 2 is 1.94 bits per heavy atom. The van der Waals surface area contributed by atoms with Crippen molar-refractivity contribution in [2.45, 2.75) is 58.5 Å². The molecule has 2 aliphatic rings. The summed E-state index contributed by atoms with van der Waals surface area (Å²) < 4.78 is 14.7. The van der Waals surface area contributed by atoms with Crippen molar-refractivity contribution in [1.29, 1.82) is 0 Å². The summed E-state index contributed by atoms with van der Waals surface area (Å²) in [5.74, 6) is -0.141. The lowest BCUT2D eigenvalue weighted by Gasteiger charge is -2.46. The molecule has 36 heavy (non-hydrogen) atoms. The van der Waals surface area contributed by atoms with E-state index >= 15 is 0 Å². The van der Waals surface area contributed by atoms with E-state index in [0.717, 1.165) is 0 Å². The monoisotopic (exact) mass is 510 g/mol. The molecule has 0 N–H and O–H groups in total. The first kappa shape index (κ1) is 26.0. The smallest absolute Gasteiger partial charge is 0.259 e. The van der Waals surface area contributed by atoms with Crippen LogP contribution in [0, 0.1) is 11.7 Å². The second-order valence-corrected chi connectivity index (χ2v) is 10.8. The highest BCUT2D eigenvalue weighted by Gasteiger charge is 2.46. The minimum atomic E-state index is -0.979. The van der Waals surface area contributed by atoms with Gasteiger partial charge in [0.15, 0.2) is 0 Å². The van der Waals surface area contributed by atoms with E-state index in [4.69, 9.17) is 16.6 Å². The zero-order chi connectivity index (χ0) is 26.4. The highest BCUT2D eigenvalue weighted by Crippen LogP contribution is 2.41. The number of rotatable bonds is 4. The Hall–Kier alpha value is -3.06. The van der Waals surface area contributed by atoms with Crippen LogP contribution in [0.15, 0.2) is 48.0 Å². The molecule has 8 heteroatoms. The maximum Gasteiger partial charge on any atom is 0.259 e. The van der Waals surface area contributed by atoms with Crippen LogP contribution < -0.4 is 0 Å². The summed E-state index contributed by atoms with van der Waals surface area (Å²) in [6.07, 6.45) is 1.86. The van der Waals surface area contributed by atoms with Crippen molar-refractivity contribution >= 4 is 29.3 Å². The van der Waals surface area contributed by atoms with Crippen LogP contribution in [0.3, 0.4) is 0 Å². The number of nitrogens with zero attached hydrogens (tertiary/aromatic N) is 4. The Morgan fingerprint density at radius 3 is 2.58 bits per heavy atom. The number of carbonyl (C=O) groups is 2. The third kappa shape index (κ3) is 4.45. The molecule has 1 aromatic carbocycles. The van der Waals surface area contributed by atoms with E-state index in [2.05, 4.69) is 11.6 Å². The van der Waals surface area contributed by atoms with Crippen LogP contribution in [0.4, 0.5) is 4.39 Å². The zero-order valence-electron chi connectivity index (χ0n) is 21.4. The Labute approximate surface area is 216 Å². The van der Waals surface area contributed by atoms with Gasteiger partial charge in [-0.1, -0.05) is 44.2 Å². The van der Waals surface area contributed by atoms with Crippen LogP contribution in [0.5, 0.6) is 0 Å². The first-order chi connectivity index (χ1) is 17.0. The lowest BCUT2D eigenvalue weighted by Crippen LogP contribution is -2.60. The Bertz CT molecular complexity index is 1260. The van der Waals surface area contributed by atoms with Crippen molar-refractivity contribution in [2.24, 2.45) is 10.9 Å². The standard InChI is InChI=1S/C28H32ClFN4O2/c1-7-23(35)33-14-18(5)34(15-17(33)4)26-20-12-21(29)24(19-10-8-9-11-22(19)30)31-25(20)28(6,13-16(2)3)27(36)32-26/h7-12,16-18H,1,13-15H2,2-6H3. The average Bonchev–Trinajstić information content (AvgIpc) is 2.82. The first-order valence-electron chi connectivity index (χ1n) is 12.3. The van der Waals surface area contributed by atoms with Gasteiger partial charge in [0.05, 0.1) is 21.8 Å². The van der Waals surface area contributed by atoms with Crippen molar-refractivity contribution in [3.05, 3.63) is 65.1 Å². The molecule has 3 atom stereocenters. The molecule has 0 aliphatic carbocycles. The lowest BCUT2D eigenvalue weighted by atomic mass is 9.74. The third-order valence-electron chi connectivity index (χ3n) is 7.08. The number of amidine groups is 1. The highest BCUT2D eigenvalue weighted by atomic mass is 35.5. The molecule has 0 saturated carbocycles. The van der Waals surface area contributed by atoms with Gasteiger partial charge in [0.2, 0.25) is 5.91 Å². The number of halogens is 2. The number of pyridine rings is 1. The number of piperazine rings is 1. The molecule has 2 aromatic rings. The number of amides is 2. The van der Waals surface area contributed by atoms with Gasteiger partial charge < -0.3 is 9.80 Å². The fourth-order valence-corrected chi connectivity index (χ4v) is 5.62. The molecular weight excluding hydrogens is 479 g/mol. The summed E-state index contributed by atoms with van der Waals surface area (Å²) in [5.41, 5.74) is 0.837. The van der Waals surface area contributed by atoms with E-state index in [1.54, 1.807) is 29.2 Å². The topological polar surface area (TPSA) is 65.9 Å². The number of benzene rings is 1. The minimum absolute atomic E-state index is 0.107. The summed E-state index contributed by atoms with van der Waals surface area (Å²) in [6.45, 7) is 14.5. The van der Waals surface area contributed by atoms with E-state index in [9.17, 15) is 14.0 Å². The molecule has 190 valence electrons. The average molecular weight is 511 g/mol. The van der Waals surface area contributed by atoms with Crippen LogP contribution in [0.1, 0.15) is 52.3 Å². The number of fused-ring (bicyclic) bond motifs is 1. The van der Waals surface area contributed by atoms with Gasteiger partial charge in [0.25, 0.3) is 5.91 Å². The van der Waals surface area contributed by atoms with E-state index in [0.29, 0.717) is 42.3 Å². The third-order valence-corrected chi connectivity index (χ3v) is 7.37.